The van der Waals surface area contributed by atoms with Gasteiger partial charge >= 0.3 is 0 Å². The van der Waals surface area contributed by atoms with Gasteiger partial charge in [0.25, 0.3) is 0 Å². The summed E-state index contributed by atoms with van der Waals surface area (Å²) in [5.74, 6) is 0.942. The van der Waals surface area contributed by atoms with Crippen molar-refractivity contribution in [2.45, 2.75) is 38.8 Å². The van der Waals surface area contributed by atoms with Gasteiger partial charge in [0.2, 0.25) is 0 Å². The van der Waals surface area contributed by atoms with Gasteiger partial charge in [-0.3, -0.25) is 0 Å². The van der Waals surface area contributed by atoms with Crippen LogP contribution in [0.15, 0.2) is 24.3 Å². The van der Waals surface area contributed by atoms with Crippen molar-refractivity contribution in [2.75, 3.05) is 26.7 Å². The molecule has 0 spiro atoms. The van der Waals surface area contributed by atoms with Gasteiger partial charge in [-0.25, -0.2) is 0 Å². The van der Waals surface area contributed by atoms with Gasteiger partial charge in [-0.1, -0.05) is 19.1 Å². The zero-order chi connectivity index (χ0) is 13.5. The molecule has 1 aliphatic heterocycles. The summed E-state index contributed by atoms with van der Waals surface area (Å²) in [7, 11) is 1.72. The Morgan fingerprint density at radius 1 is 1.32 bits per heavy atom. The fourth-order valence-corrected chi connectivity index (χ4v) is 2.72. The molecule has 0 bridgehead atoms. The fraction of sp³-hybridized carbons (Fsp3) is 0.625. The Kier molecular flexibility index (Phi) is 5.67. The van der Waals surface area contributed by atoms with Crippen LogP contribution in [0.2, 0.25) is 0 Å². The van der Waals surface area contributed by atoms with Crippen molar-refractivity contribution in [2.24, 2.45) is 0 Å². The molecule has 1 saturated heterocycles. The van der Waals surface area contributed by atoms with Gasteiger partial charge in [0, 0.05) is 12.6 Å². The predicted octanol–water partition coefficient (Wildman–Crippen LogP) is 2.66. The summed E-state index contributed by atoms with van der Waals surface area (Å²) in [6.07, 6.45) is 3.86. The zero-order valence-electron chi connectivity index (χ0n) is 12.2. The molecule has 1 heterocycles. The number of likely N-dealkylation sites (tertiary alicyclic amines) is 1. The van der Waals surface area contributed by atoms with E-state index in [2.05, 4.69) is 35.3 Å². The third kappa shape index (κ3) is 4.51. The van der Waals surface area contributed by atoms with E-state index in [9.17, 15) is 0 Å². The first kappa shape index (κ1) is 14.4. The molecule has 0 radical (unpaired) electrons. The third-order valence-corrected chi connectivity index (χ3v) is 4.00. The first-order valence-corrected chi connectivity index (χ1v) is 7.40. The lowest BCUT2D eigenvalue weighted by Gasteiger charge is -2.18. The van der Waals surface area contributed by atoms with E-state index in [1.165, 1.54) is 44.5 Å². The minimum atomic E-state index is 0.655. The van der Waals surface area contributed by atoms with Crippen molar-refractivity contribution in [3.8, 4) is 5.75 Å². The van der Waals surface area contributed by atoms with Crippen molar-refractivity contribution in [3.63, 3.8) is 0 Å². The molecule has 3 nitrogen and oxygen atoms in total. The van der Waals surface area contributed by atoms with Gasteiger partial charge in [-0.15, -0.1) is 0 Å². The van der Waals surface area contributed by atoms with Crippen LogP contribution in [0.25, 0.3) is 0 Å². The van der Waals surface area contributed by atoms with Crippen molar-refractivity contribution >= 4 is 0 Å². The number of nitrogens with zero attached hydrogens (tertiary/aromatic N) is 1. The molecule has 1 aliphatic rings. The van der Waals surface area contributed by atoms with Crippen LogP contribution in [0.4, 0.5) is 0 Å². The van der Waals surface area contributed by atoms with Crippen LogP contribution in [-0.4, -0.2) is 37.7 Å². The molecule has 1 aromatic rings. The van der Waals surface area contributed by atoms with Gasteiger partial charge in [0.15, 0.2) is 0 Å². The highest BCUT2D eigenvalue weighted by atomic mass is 16.5. The number of methoxy groups -OCH3 is 1. The molecule has 1 fully saturated rings. The maximum Gasteiger partial charge on any atom is 0.119 e. The largest absolute Gasteiger partial charge is 0.497 e. The Balaban J connectivity index is 1.81. The third-order valence-electron chi connectivity index (χ3n) is 4.00. The zero-order valence-corrected chi connectivity index (χ0v) is 12.2. The highest BCUT2D eigenvalue weighted by Gasteiger charge is 2.15. The van der Waals surface area contributed by atoms with E-state index in [1.807, 2.05) is 6.07 Å². The van der Waals surface area contributed by atoms with Crippen LogP contribution in [-0.2, 0) is 6.54 Å². The van der Waals surface area contributed by atoms with Crippen molar-refractivity contribution in [1.29, 1.82) is 0 Å². The number of benzene rings is 1. The number of rotatable bonds is 5. The minimum absolute atomic E-state index is 0.655. The van der Waals surface area contributed by atoms with Crippen LogP contribution in [0.5, 0.6) is 5.75 Å². The number of hydrogen-bond acceptors (Lipinski definition) is 3. The molecule has 0 amide bonds. The van der Waals surface area contributed by atoms with E-state index in [4.69, 9.17) is 4.74 Å². The van der Waals surface area contributed by atoms with E-state index >= 15 is 0 Å². The number of nitrogens with one attached hydrogen (secondary N) is 1. The second-order valence-corrected chi connectivity index (χ2v) is 5.29. The van der Waals surface area contributed by atoms with Crippen LogP contribution >= 0.6 is 0 Å². The summed E-state index contributed by atoms with van der Waals surface area (Å²) in [6, 6.07) is 8.98. The fourth-order valence-electron chi connectivity index (χ4n) is 2.72. The van der Waals surface area contributed by atoms with E-state index in [1.54, 1.807) is 7.11 Å². The molecule has 19 heavy (non-hydrogen) atoms. The van der Waals surface area contributed by atoms with Crippen LogP contribution in [0, 0.1) is 0 Å². The summed E-state index contributed by atoms with van der Waals surface area (Å²) in [4.78, 5) is 2.55. The van der Waals surface area contributed by atoms with Gasteiger partial charge in [-0.2, -0.15) is 0 Å². The summed E-state index contributed by atoms with van der Waals surface area (Å²) in [5, 5.41) is 3.69. The average Bonchev–Trinajstić information content (AvgIpc) is 2.70. The van der Waals surface area contributed by atoms with E-state index in [-0.39, 0.29) is 0 Å². The molecule has 2 rings (SSSR count). The standard InChI is InChI=1S/C16H26N2O/c1-3-18-10-5-7-15(9-11-18)17-13-14-6-4-8-16(12-14)19-2/h4,6,8,12,15,17H,3,5,7,9-11,13H2,1-2H3. The van der Waals surface area contributed by atoms with E-state index in [0.717, 1.165) is 12.3 Å². The molecular formula is C16H26N2O. The summed E-state index contributed by atoms with van der Waals surface area (Å²) < 4.78 is 5.26. The number of ether oxygens (including phenoxy) is 1. The van der Waals surface area contributed by atoms with Crippen LogP contribution in [0.1, 0.15) is 31.7 Å². The lowest BCUT2D eigenvalue weighted by Crippen LogP contribution is -2.30. The quantitative estimate of drug-likeness (QED) is 0.883. The topological polar surface area (TPSA) is 24.5 Å². The van der Waals surface area contributed by atoms with Gasteiger partial charge in [0.05, 0.1) is 7.11 Å². The van der Waals surface area contributed by atoms with Gasteiger partial charge in [-0.05, 0) is 56.6 Å². The van der Waals surface area contributed by atoms with Crippen LogP contribution in [0.3, 0.4) is 0 Å². The summed E-state index contributed by atoms with van der Waals surface area (Å²) >= 11 is 0. The Bertz CT molecular complexity index is 381. The summed E-state index contributed by atoms with van der Waals surface area (Å²) in [6.45, 7) is 6.86. The first-order valence-electron chi connectivity index (χ1n) is 7.40. The molecular weight excluding hydrogens is 236 g/mol. The molecule has 1 unspecified atom stereocenters. The molecule has 1 N–H and O–H groups in total. The Morgan fingerprint density at radius 2 is 2.21 bits per heavy atom. The highest BCUT2D eigenvalue weighted by molar-refractivity contribution is 5.28. The molecule has 0 saturated carbocycles. The monoisotopic (exact) mass is 262 g/mol. The predicted molar refractivity (Wildman–Crippen MR) is 79.6 cm³/mol. The second kappa shape index (κ2) is 7.51. The number of hydrogen-bond donors (Lipinski definition) is 1. The highest BCUT2D eigenvalue weighted by Crippen LogP contribution is 2.14. The normalized spacial score (nSPS) is 21.1. The minimum Gasteiger partial charge on any atom is -0.497 e. The molecule has 1 aromatic carbocycles. The second-order valence-electron chi connectivity index (χ2n) is 5.29. The SMILES string of the molecule is CCN1CCCC(NCc2cccc(OC)c2)CC1. The smallest absolute Gasteiger partial charge is 0.119 e. The van der Waals surface area contributed by atoms with E-state index < -0.39 is 0 Å². The van der Waals surface area contributed by atoms with Crippen molar-refractivity contribution < 1.29 is 4.74 Å². The molecule has 1 atom stereocenters. The average molecular weight is 262 g/mol. The summed E-state index contributed by atoms with van der Waals surface area (Å²) in [5.41, 5.74) is 1.30. The Labute approximate surface area is 116 Å². The molecule has 0 aromatic heterocycles. The van der Waals surface area contributed by atoms with Gasteiger partial charge < -0.3 is 15.0 Å². The van der Waals surface area contributed by atoms with Crippen molar-refractivity contribution in [1.82, 2.24) is 10.2 Å². The molecule has 106 valence electrons. The maximum absolute atomic E-state index is 5.26. The Hall–Kier alpha value is -1.06. The first-order chi connectivity index (χ1) is 9.31. The lowest BCUT2D eigenvalue weighted by atomic mass is 10.1. The van der Waals surface area contributed by atoms with E-state index in [0.29, 0.717) is 6.04 Å². The molecule has 3 heteroatoms. The van der Waals surface area contributed by atoms with Crippen LogP contribution < -0.4 is 10.1 Å². The molecule has 0 aliphatic carbocycles. The maximum atomic E-state index is 5.26. The Morgan fingerprint density at radius 3 is 3.00 bits per heavy atom. The van der Waals surface area contributed by atoms with Gasteiger partial charge in [0.1, 0.15) is 5.75 Å². The van der Waals surface area contributed by atoms with Crippen molar-refractivity contribution in [3.05, 3.63) is 29.8 Å². The lowest BCUT2D eigenvalue weighted by molar-refractivity contribution is 0.297.